The van der Waals surface area contributed by atoms with Crippen molar-refractivity contribution in [2.45, 2.75) is 59.0 Å². The molecule has 24 heavy (non-hydrogen) atoms. The Morgan fingerprint density at radius 2 is 2.17 bits per heavy atom. The SMILES string of the molecule is C[C@@H]1CC[C@@]2(C)C(C(=O)O)=CC[C@H](O)[C@@H]2[C@@]1(C)CCc1ccoc1. The molecule has 2 aliphatic rings. The van der Waals surface area contributed by atoms with Crippen LogP contribution in [0.1, 0.15) is 52.0 Å². The highest BCUT2D eigenvalue weighted by Crippen LogP contribution is 2.61. The Labute approximate surface area is 143 Å². The summed E-state index contributed by atoms with van der Waals surface area (Å²) in [6, 6.07) is 1.98. The smallest absolute Gasteiger partial charge is 0.331 e. The standard InChI is InChI=1S/C20H28O4/c1-13-6-9-20(3)15(18(22)23)4-5-16(21)17(20)19(13,2)10-7-14-8-11-24-12-14/h4,8,11-13,16-17,21H,5-7,9-10H2,1-3H3,(H,22,23)/t13-,16+,17-,19+,20+/m1/s1. The summed E-state index contributed by atoms with van der Waals surface area (Å²) >= 11 is 0. The van der Waals surface area contributed by atoms with E-state index >= 15 is 0 Å². The van der Waals surface area contributed by atoms with Gasteiger partial charge in [0.25, 0.3) is 0 Å². The fourth-order valence-electron chi connectivity index (χ4n) is 5.39. The molecule has 0 radical (unpaired) electrons. The minimum Gasteiger partial charge on any atom is -0.478 e. The molecule has 1 saturated carbocycles. The lowest BCUT2D eigenvalue weighted by Gasteiger charge is -2.59. The number of furan rings is 1. The van der Waals surface area contributed by atoms with E-state index in [1.54, 1.807) is 18.6 Å². The van der Waals surface area contributed by atoms with Crippen molar-refractivity contribution in [3.63, 3.8) is 0 Å². The van der Waals surface area contributed by atoms with Crippen molar-refractivity contribution in [1.29, 1.82) is 0 Å². The van der Waals surface area contributed by atoms with Crippen LogP contribution in [0.3, 0.4) is 0 Å². The average molecular weight is 332 g/mol. The Hall–Kier alpha value is -1.55. The number of fused-ring (bicyclic) bond motifs is 1. The number of aryl methyl sites for hydroxylation is 1. The number of carboxylic acid groups (broad SMARTS) is 1. The van der Waals surface area contributed by atoms with E-state index in [9.17, 15) is 15.0 Å². The predicted molar refractivity (Wildman–Crippen MR) is 91.5 cm³/mol. The average Bonchev–Trinajstić information content (AvgIpc) is 3.02. The summed E-state index contributed by atoms with van der Waals surface area (Å²) in [5.74, 6) is -0.414. The highest BCUT2D eigenvalue weighted by molar-refractivity contribution is 5.88. The van der Waals surface area contributed by atoms with E-state index in [1.165, 1.54) is 0 Å². The first-order valence-corrected chi connectivity index (χ1v) is 8.92. The molecule has 3 rings (SSSR count). The van der Waals surface area contributed by atoms with Gasteiger partial charge in [0.05, 0.1) is 18.6 Å². The van der Waals surface area contributed by atoms with Crippen LogP contribution in [0.2, 0.25) is 0 Å². The molecule has 5 atom stereocenters. The Bertz CT molecular complexity index is 632. The molecule has 1 fully saturated rings. The number of aliphatic hydroxyl groups excluding tert-OH is 1. The van der Waals surface area contributed by atoms with E-state index in [0.717, 1.165) is 31.2 Å². The zero-order chi connectivity index (χ0) is 17.5. The fourth-order valence-corrected chi connectivity index (χ4v) is 5.39. The van der Waals surface area contributed by atoms with Gasteiger partial charge in [-0.3, -0.25) is 0 Å². The van der Waals surface area contributed by atoms with Gasteiger partial charge in [-0.05, 0) is 55.1 Å². The molecular weight excluding hydrogens is 304 g/mol. The summed E-state index contributed by atoms with van der Waals surface area (Å²) in [5, 5.41) is 20.5. The monoisotopic (exact) mass is 332 g/mol. The highest BCUT2D eigenvalue weighted by Gasteiger charge is 2.58. The van der Waals surface area contributed by atoms with E-state index in [2.05, 4.69) is 13.8 Å². The molecular formula is C20H28O4. The first-order valence-electron chi connectivity index (χ1n) is 8.92. The van der Waals surface area contributed by atoms with Crippen LogP contribution in [0, 0.1) is 22.7 Å². The third kappa shape index (κ3) is 2.61. The van der Waals surface area contributed by atoms with E-state index in [0.29, 0.717) is 17.9 Å². The molecule has 4 heteroatoms. The molecule has 0 aromatic carbocycles. The van der Waals surface area contributed by atoms with Crippen molar-refractivity contribution in [2.24, 2.45) is 22.7 Å². The molecule has 2 N–H and O–H groups in total. The molecule has 4 nitrogen and oxygen atoms in total. The zero-order valence-electron chi connectivity index (χ0n) is 14.8. The molecule has 0 spiro atoms. The number of aliphatic hydroxyl groups is 1. The molecule has 0 bridgehead atoms. The third-order valence-electron chi connectivity index (χ3n) is 6.95. The van der Waals surface area contributed by atoms with Gasteiger partial charge in [-0.2, -0.15) is 0 Å². The van der Waals surface area contributed by atoms with Crippen molar-refractivity contribution in [3.8, 4) is 0 Å². The number of hydrogen-bond acceptors (Lipinski definition) is 3. The Morgan fingerprint density at radius 1 is 1.42 bits per heavy atom. The molecule has 0 saturated heterocycles. The lowest BCUT2D eigenvalue weighted by molar-refractivity contribution is -0.142. The molecule has 132 valence electrons. The minimum atomic E-state index is -0.832. The van der Waals surface area contributed by atoms with Crippen LogP contribution in [0.4, 0.5) is 0 Å². The summed E-state index contributed by atoms with van der Waals surface area (Å²) in [5.41, 5.74) is 1.11. The number of carboxylic acids is 1. The van der Waals surface area contributed by atoms with Gasteiger partial charge in [0.15, 0.2) is 0 Å². The van der Waals surface area contributed by atoms with Gasteiger partial charge in [0, 0.05) is 16.9 Å². The summed E-state index contributed by atoms with van der Waals surface area (Å²) in [6.07, 6.45) is 8.81. The number of aliphatic carboxylic acids is 1. The zero-order valence-corrected chi connectivity index (χ0v) is 14.8. The molecule has 1 aromatic heterocycles. The van der Waals surface area contributed by atoms with Gasteiger partial charge >= 0.3 is 5.97 Å². The van der Waals surface area contributed by atoms with E-state index < -0.39 is 17.5 Å². The van der Waals surface area contributed by atoms with Crippen LogP contribution >= 0.6 is 0 Å². The maximum absolute atomic E-state index is 11.8. The van der Waals surface area contributed by atoms with Gasteiger partial charge in [0.1, 0.15) is 0 Å². The van der Waals surface area contributed by atoms with E-state index in [1.807, 2.05) is 13.0 Å². The molecule has 2 aliphatic carbocycles. The van der Waals surface area contributed by atoms with Crippen molar-refractivity contribution < 1.29 is 19.4 Å². The molecule has 0 unspecified atom stereocenters. The second-order valence-electron chi connectivity index (χ2n) is 8.20. The van der Waals surface area contributed by atoms with Crippen LogP contribution in [0.5, 0.6) is 0 Å². The van der Waals surface area contributed by atoms with Gasteiger partial charge in [0.2, 0.25) is 0 Å². The summed E-state index contributed by atoms with van der Waals surface area (Å²) < 4.78 is 5.17. The number of rotatable bonds is 4. The topological polar surface area (TPSA) is 70.7 Å². The van der Waals surface area contributed by atoms with E-state index in [-0.39, 0.29) is 11.3 Å². The highest BCUT2D eigenvalue weighted by atomic mass is 16.4. The van der Waals surface area contributed by atoms with Gasteiger partial charge in [-0.1, -0.05) is 26.8 Å². The second kappa shape index (κ2) is 6.07. The molecule has 0 amide bonds. The van der Waals surface area contributed by atoms with Crippen LogP contribution in [0.15, 0.2) is 34.7 Å². The lowest BCUT2D eigenvalue weighted by Crippen LogP contribution is -2.56. The summed E-state index contributed by atoms with van der Waals surface area (Å²) in [4.78, 5) is 11.8. The Morgan fingerprint density at radius 3 is 2.79 bits per heavy atom. The van der Waals surface area contributed by atoms with Crippen LogP contribution in [0.25, 0.3) is 0 Å². The molecule has 1 heterocycles. The second-order valence-corrected chi connectivity index (χ2v) is 8.20. The van der Waals surface area contributed by atoms with Crippen LogP contribution < -0.4 is 0 Å². The lowest BCUT2D eigenvalue weighted by atomic mass is 9.46. The quantitative estimate of drug-likeness (QED) is 0.873. The minimum absolute atomic E-state index is 0.0308. The first-order chi connectivity index (χ1) is 11.3. The predicted octanol–water partition coefficient (Wildman–Crippen LogP) is 4.05. The van der Waals surface area contributed by atoms with Crippen LogP contribution in [-0.2, 0) is 11.2 Å². The van der Waals surface area contributed by atoms with Crippen molar-refractivity contribution in [1.82, 2.24) is 0 Å². The maximum atomic E-state index is 11.8. The summed E-state index contributed by atoms with van der Waals surface area (Å²) in [7, 11) is 0. The third-order valence-corrected chi connectivity index (χ3v) is 6.95. The fraction of sp³-hybridized carbons (Fsp3) is 0.650. The largest absolute Gasteiger partial charge is 0.478 e. The van der Waals surface area contributed by atoms with Crippen molar-refractivity contribution in [3.05, 3.63) is 35.8 Å². The number of hydrogen-bond donors (Lipinski definition) is 2. The van der Waals surface area contributed by atoms with Gasteiger partial charge in [-0.25, -0.2) is 4.79 Å². The first kappa shape index (κ1) is 17.3. The molecule has 1 aromatic rings. The summed E-state index contributed by atoms with van der Waals surface area (Å²) in [6.45, 7) is 6.54. The van der Waals surface area contributed by atoms with Gasteiger partial charge in [-0.15, -0.1) is 0 Å². The number of carbonyl (C=O) groups is 1. The van der Waals surface area contributed by atoms with E-state index in [4.69, 9.17) is 4.42 Å². The Kier molecular flexibility index (Phi) is 4.37. The normalized spacial score (nSPS) is 39.2. The van der Waals surface area contributed by atoms with Crippen molar-refractivity contribution >= 4 is 5.97 Å². The van der Waals surface area contributed by atoms with Crippen LogP contribution in [-0.4, -0.2) is 22.3 Å². The van der Waals surface area contributed by atoms with Crippen molar-refractivity contribution in [2.75, 3.05) is 0 Å². The maximum Gasteiger partial charge on any atom is 0.331 e. The Balaban J connectivity index is 1.95. The molecule has 0 aliphatic heterocycles. The van der Waals surface area contributed by atoms with Gasteiger partial charge < -0.3 is 14.6 Å².